The zero-order valence-corrected chi connectivity index (χ0v) is 20.2. The van der Waals surface area contributed by atoms with Crippen LogP contribution in [0.3, 0.4) is 0 Å². The largest absolute Gasteiger partial charge is 0.481 e. The van der Waals surface area contributed by atoms with Crippen molar-refractivity contribution in [2.24, 2.45) is 0 Å². The molecule has 0 aliphatic carbocycles. The predicted molar refractivity (Wildman–Crippen MR) is 134 cm³/mol. The fourth-order valence-electron chi connectivity index (χ4n) is 3.89. The molecule has 4 rings (SSSR count). The zero-order valence-electron chi connectivity index (χ0n) is 19.5. The number of hydrogen-bond acceptors (Lipinski definition) is 4. The third kappa shape index (κ3) is 7.54. The molecule has 0 bridgehead atoms. The Morgan fingerprint density at radius 2 is 1.67 bits per heavy atom. The van der Waals surface area contributed by atoms with E-state index in [1.54, 1.807) is 20.8 Å². The van der Waals surface area contributed by atoms with Crippen LogP contribution in [0.4, 0.5) is 0 Å². The maximum absolute atomic E-state index is 11.7. The second-order valence-corrected chi connectivity index (χ2v) is 9.68. The van der Waals surface area contributed by atoms with E-state index >= 15 is 0 Å². The van der Waals surface area contributed by atoms with Gasteiger partial charge in [-0.2, -0.15) is 0 Å². The number of aliphatic hydroxyl groups is 1. The lowest BCUT2D eigenvalue weighted by Gasteiger charge is -2.28. The second kappa shape index (κ2) is 11.1. The molecule has 0 unspecified atom stereocenters. The Balaban J connectivity index is 0.000000555. The van der Waals surface area contributed by atoms with Crippen LogP contribution in [-0.2, 0) is 22.5 Å². The van der Waals surface area contributed by atoms with Crippen molar-refractivity contribution in [1.29, 1.82) is 0 Å². The van der Waals surface area contributed by atoms with Gasteiger partial charge in [0.2, 0.25) is 0 Å². The molecule has 3 aromatic carbocycles. The lowest BCUT2D eigenvalue weighted by atomic mass is 9.88. The number of benzene rings is 3. The van der Waals surface area contributed by atoms with Crippen molar-refractivity contribution in [3.8, 4) is 11.1 Å². The minimum absolute atomic E-state index is 0.0114. The van der Waals surface area contributed by atoms with Gasteiger partial charge in [0.25, 0.3) is 0 Å². The minimum Gasteiger partial charge on any atom is -0.481 e. The third-order valence-electron chi connectivity index (χ3n) is 5.21. The smallest absolute Gasteiger partial charge is 0.307 e. The molecule has 0 spiro atoms. The quantitative estimate of drug-likeness (QED) is 0.523. The summed E-state index contributed by atoms with van der Waals surface area (Å²) in [5, 5.41) is 21.0. The van der Waals surface area contributed by atoms with E-state index in [2.05, 4.69) is 23.1 Å². The highest BCUT2D eigenvalue weighted by Crippen LogP contribution is 2.36. The summed E-state index contributed by atoms with van der Waals surface area (Å²) in [6, 6.07) is 17.9. The molecule has 0 atom stereocenters. The molecule has 5 nitrogen and oxygen atoms in total. The number of ether oxygens (including phenoxy) is 1. The van der Waals surface area contributed by atoms with E-state index in [0.29, 0.717) is 18.2 Å². The monoisotopic (exact) mass is 469 g/mol. The van der Waals surface area contributed by atoms with Gasteiger partial charge in [-0.25, -0.2) is 0 Å². The van der Waals surface area contributed by atoms with E-state index in [4.69, 9.17) is 21.4 Å². The number of fused-ring (bicyclic) bond motifs is 1. The number of carboxylic acid groups (broad SMARTS) is 1. The van der Waals surface area contributed by atoms with E-state index in [1.807, 2.05) is 36.4 Å². The van der Waals surface area contributed by atoms with Gasteiger partial charge < -0.3 is 14.9 Å². The maximum Gasteiger partial charge on any atom is 0.307 e. The lowest BCUT2D eigenvalue weighted by molar-refractivity contribution is -0.136. The molecule has 1 aliphatic rings. The van der Waals surface area contributed by atoms with Gasteiger partial charge in [0.15, 0.2) is 0 Å². The Hall–Kier alpha value is -2.44. The molecule has 3 aromatic rings. The standard InChI is InChI=1S/C23H22ClNO3.C4H10O/c24-19-7-5-16(6-8-19)23-20-4-2-1-3-17(20)13-18(21(23)14-22(26)27)15-25-9-11-28-12-10-25;1-4(2,3)5/h1-8,13H,9-12,14-15H2,(H,26,27);5H,1-3H3. The maximum atomic E-state index is 11.7. The highest BCUT2D eigenvalue weighted by Gasteiger charge is 2.20. The van der Waals surface area contributed by atoms with Crippen molar-refractivity contribution < 1.29 is 19.7 Å². The van der Waals surface area contributed by atoms with E-state index in [-0.39, 0.29) is 6.42 Å². The topological polar surface area (TPSA) is 70.0 Å². The first-order valence-electron chi connectivity index (χ1n) is 11.2. The molecule has 176 valence electrons. The van der Waals surface area contributed by atoms with Crippen LogP contribution in [0.25, 0.3) is 21.9 Å². The van der Waals surface area contributed by atoms with E-state index in [9.17, 15) is 9.90 Å². The molecule has 0 saturated carbocycles. The molecule has 2 N–H and O–H groups in total. The van der Waals surface area contributed by atoms with Crippen LogP contribution in [0.1, 0.15) is 31.9 Å². The summed E-state index contributed by atoms with van der Waals surface area (Å²) in [7, 11) is 0. The van der Waals surface area contributed by atoms with Crippen LogP contribution >= 0.6 is 11.6 Å². The third-order valence-corrected chi connectivity index (χ3v) is 5.46. The van der Waals surface area contributed by atoms with Crippen LogP contribution in [-0.4, -0.2) is 53.0 Å². The molecular weight excluding hydrogens is 438 g/mol. The number of carboxylic acids is 1. The summed E-state index contributed by atoms with van der Waals surface area (Å²) in [6.45, 7) is 9.09. The molecule has 1 aliphatic heterocycles. The van der Waals surface area contributed by atoms with Crippen LogP contribution < -0.4 is 0 Å². The van der Waals surface area contributed by atoms with Crippen molar-refractivity contribution in [3.05, 3.63) is 70.7 Å². The van der Waals surface area contributed by atoms with Crippen molar-refractivity contribution in [2.75, 3.05) is 26.3 Å². The molecule has 1 fully saturated rings. The molecule has 0 amide bonds. The number of rotatable bonds is 5. The van der Waals surface area contributed by atoms with Gasteiger partial charge in [-0.05, 0) is 72.0 Å². The Morgan fingerprint density at radius 1 is 1.06 bits per heavy atom. The van der Waals surface area contributed by atoms with Crippen molar-refractivity contribution in [1.82, 2.24) is 4.90 Å². The summed E-state index contributed by atoms with van der Waals surface area (Å²) in [4.78, 5) is 14.1. The van der Waals surface area contributed by atoms with Gasteiger partial charge >= 0.3 is 5.97 Å². The van der Waals surface area contributed by atoms with Gasteiger partial charge in [0.05, 0.1) is 25.2 Å². The van der Waals surface area contributed by atoms with Crippen molar-refractivity contribution in [2.45, 2.75) is 39.3 Å². The molecule has 1 saturated heterocycles. The highest BCUT2D eigenvalue weighted by atomic mass is 35.5. The van der Waals surface area contributed by atoms with Gasteiger partial charge in [-0.1, -0.05) is 48.0 Å². The average molecular weight is 470 g/mol. The predicted octanol–water partition coefficient (Wildman–Crippen LogP) is 5.40. The summed E-state index contributed by atoms with van der Waals surface area (Å²) in [5.74, 6) is -0.825. The molecular formula is C27H32ClNO4. The van der Waals surface area contributed by atoms with E-state index in [0.717, 1.165) is 52.7 Å². The molecule has 6 heteroatoms. The first-order valence-corrected chi connectivity index (χ1v) is 11.5. The average Bonchev–Trinajstić information content (AvgIpc) is 2.74. The minimum atomic E-state index is -0.825. The van der Waals surface area contributed by atoms with Crippen LogP contribution in [0.15, 0.2) is 54.6 Å². The normalized spacial score (nSPS) is 14.6. The van der Waals surface area contributed by atoms with E-state index in [1.165, 1.54) is 0 Å². The van der Waals surface area contributed by atoms with Crippen molar-refractivity contribution in [3.63, 3.8) is 0 Å². The lowest BCUT2D eigenvalue weighted by Crippen LogP contribution is -2.36. The van der Waals surface area contributed by atoms with Crippen molar-refractivity contribution >= 4 is 28.3 Å². The van der Waals surface area contributed by atoms with Crippen LogP contribution in [0, 0.1) is 0 Å². The number of morpholine rings is 1. The van der Waals surface area contributed by atoms with Gasteiger partial charge in [-0.15, -0.1) is 0 Å². The van der Waals surface area contributed by atoms with Gasteiger partial charge in [0.1, 0.15) is 0 Å². The Kier molecular flexibility index (Phi) is 8.49. The molecule has 0 radical (unpaired) electrons. The second-order valence-electron chi connectivity index (χ2n) is 9.25. The summed E-state index contributed by atoms with van der Waals surface area (Å²) in [5.41, 5.74) is 3.41. The Morgan fingerprint density at radius 3 is 2.27 bits per heavy atom. The van der Waals surface area contributed by atoms with Gasteiger partial charge in [-0.3, -0.25) is 9.69 Å². The summed E-state index contributed by atoms with van der Waals surface area (Å²) < 4.78 is 5.46. The summed E-state index contributed by atoms with van der Waals surface area (Å²) in [6.07, 6.45) is -0.0114. The molecule has 1 heterocycles. The van der Waals surface area contributed by atoms with Gasteiger partial charge in [0, 0.05) is 24.7 Å². The molecule has 0 aromatic heterocycles. The van der Waals surface area contributed by atoms with E-state index < -0.39 is 11.6 Å². The fraction of sp³-hybridized carbons (Fsp3) is 0.370. The SMILES string of the molecule is CC(C)(C)O.O=C(O)Cc1c(CN2CCOCC2)cc2ccccc2c1-c1ccc(Cl)cc1. The highest BCUT2D eigenvalue weighted by molar-refractivity contribution is 6.30. The summed E-state index contributed by atoms with van der Waals surface area (Å²) >= 11 is 6.09. The number of aliphatic carboxylic acids is 1. The number of carbonyl (C=O) groups is 1. The first-order chi connectivity index (χ1) is 15.6. The molecule has 33 heavy (non-hydrogen) atoms. The Labute approximate surface area is 200 Å². The first kappa shape index (κ1) is 25.2. The number of hydrogen-bond donors (Lipinski definition) is 2. The number of nitrogens with zero attached hydrogens (tertiary/aromatic N) is 1. The Bertz CT molecular complexity index is 1080. The van der Waals surface area contributed by atoms with Crippen LogP contribution in [0.2, 0.25) is 5.02 Å². The zero-order chi connectivity index (χ0) is 24.0. The van der Waals surface area contributed by atoms with Crippen LogP contribution in [0.5, 0.6) is 0 Å². The number of halogens is 1. The fourth-order valence-corrected chi connectivity index (χ4v) is 4.02.